The highest BCUT2D eigenvalue weighted by Crippen LogP contribution is 2.38. The second kappa shape index (κ2) is 5.59. The Bertz CT molecular complexity index is 615. The first-order chi connectivity index (χ1) is 9.32. The van der Waals surface area contributed by atoms with Gasteiger partial charge in [0.15, 0.2) is 5.01 Å². The fourth-order valence-corrected chi connectivity index (χ4v) is 2.59. The summed E-state index contributed by atoms with van der Waals surface area (Å²) in [7, 11) is 1.40. The molecule has 0 aliphatic heterocycles. The number of methoxy groups -OCH3 is 1. The van der Waals surface area contributed by atoms with Crippen LogP contribution < -0.4 is 4.74 Å². The Hall–Kier alpha value is -1.31. The number of halogens is 4. The normalized spacial score (nSPS) is 13.3. The van der Waals surface area contributed by atoms with Gasteiger partial charge in [-0.3, -0.25) is 0 Å². The van der Waals surface area contributed by atoms with E-state index in [1.54, 1.807) is 6.07 Å². The summed E-state index contributed by atoms with van der Waals surface area (Å²) in [6, 6.07) is 4.54. The largest absolute Gasteiger partial charge is 0.496 e. The van der Waals surface area contributed by atoms with Gasteiger partial charge in [0.2, 0.25) is 0 Å². The summed E-state index contributed by atoms with van der Waals surface area (Å²) in [5.74, 6) is 0.337. The van der Waals surface area contributed by atoms with Gasteiger partial charge < -0.3 is 9.84 Å². The molecule has 0 aliphatic rings. The van der Waals surface area contributed by atoms with E-state index in [0.29, 0.717) is 22.1 Å². The molecule has 1 heterocycles. The van der Waals surface area contributed by atoms with Crippen LogP contribution in [0.5, 0.6) is 5.75 Å². The van der Waals surface area contributed by atoms with E-state index in [4.69, 9.17) is 16.3 Å². The second-order valence-corrected chi connectivity index (χ2v) is 5.35. The van der Waals surface area contributed by atoms with Gasteiger partial charge in [-0.2, -0.15) is 13.2 Å². The monoisotopic (exact) mass is 323 g/mol. The maximum absolute atomic E-state index is 12.5. The zero-order chi connectivity index (χ0) is 14.9. The van der Waals surface area contributed by atoms with Crippen molar-refractivity contribution >= 4 is 22.9 Å². The van der Waals surface area contributed by atoms with E-state index < -0.39 is 17.3 Å². The van der Waals surface area contributed by atoms with E-state index in [1.165, 1.54) is 19.2 Å². The minimum absolute atomic E-state index is 0.0675. The number of benzene rings is 1. The van der Waals surface area contributed by atoms with Crippen molar-refractivity contribution in [2.24, 2.45) is 0 Å². The lowest BCUT2D eigenvalue weighted by Gasteiger charge is -2.13. The molecular weight excluding hydrogens is 315 g/mol. The predicted octanol–water partition coefficient (Wildman–Crippen LogP) is 3.91. The molecule has 1 N–H and O–H groups in total. The van der Waals surface area contributed by atoms with Gasteiger partial charge in [0.25, 0.3) is 0 Å². The third kappa shape index (κ3) is 3.05. The van der Waals surface area contributed by atoms with Gasteiger partial charge in [-0.1, -0.05) is 11.6 Å². The van der Waals surface area contributed by atoms with Crippen molar-refractivity contribution in [3.05, 3.63) is 44.9 Å². The van der Waals surface area contributed by atoms with Crippen LogP contribution in [0.3, 0.4) is 0 Å². The highest BCUT2D eigenvalue weighted by Gasteiger charge is 2.35. The highest BCUT2D eigenvalue weighted by atomic mass is 35.5. The zero-order valence-electron chi connectivity index (χ0n) is 10.1. The van der Waals surface area contributed by atoms with Crippen molar-refractivity contribution in [2.75, 3.05) is 7.11 Å². The van der Waals surface area contributed by atoms with Crippen LogP contribution in [0.2, 0.25) is 5.02 Å². The number of ether oxygens (including phenoxy) is 1. The van der Waals surface area contributed by atoms with Gasteiger partial charge >= 0.3 is 6.18 Å². The van der Waals surface area contributed by atoms with Crippen LogP contribution in [-0.4, -0.2) is 17.2 Å². The Labute approximate surface area is 121 Å². The molecular formula is C12H9ClF3NO2S. The smallest absolute Gasteiger partial charge is 0.443 e. The van der Waals surface area contributed by atoms with Gasteiger partial charge in [0.1, 0.15) is 11.9 Å². The minimum atomic E-state index is -4.53. The van der Waals surface area contributed by atoms with Gasteiger partial charge in [0.05, 0.1) is 12.0 Å². The van der Waals surface area contributed by atoms with E-state index in [9.17, 15) is 18.3 Å². The molecule has 2 rings (SSSR count). The molecule has 1 aromatic carbocycles. The molecule has 1 aromatic heterocycles. The van der Waals surface area contributed by atoms with E-state index in [1.807, 2.05) is 0 Å². The number of thiazole rings is 1. The lowest BCUT2D eigenvalue weighted by Crippen LogP contribution is -2.03. The molecule has 108 valence electrons. The minimum Gasteiger partial charge on any atom is -0.496 e. The van der Waals surface area contributed by atoms with Gasteiger partial charge in [-0.15, -0.1) is 11.3 Å². The van der Waals surface area contributed by atoms with Gasteiger partial charge in [-0.05, 0) is 18.2 Å². The van der Waals surface area contributed by atoms with E-state index in [0.717, 1.165) is 6.20 Å². The molecule has 3 nitrogen and oxygen atoms in total. The lowest BCUT2D eigenvalue weighted by atomic mass is 10.1. The molecule has 0 spiro atoms. The summed E-state index contributed by atoms with van der Waals surface area (Å²) in [6.45, 7) is 0. The SMILES string of the molecule is COc1ccc(Cl)cc1C(O)c1cnc(C(F)(F)F)s1. The Morgan fingerprint density at radius 3 is 2.65 bits per heavy atom. The number of hydrogen-bond acceptors (Lipinski definition) is 4. The van der Waals surface area contributed by atoms with E-state index >= 15 is 0 Å². The van der Waals surface area contributed by atoms with Crippen molar-refractivity contribution in [1.82, 2.24) is 4.98 Å². The summed E-state index contributed by atoms with van der Waals surface area (Å²) in [4.78, 5) is 3.34. The predicted molar refractivity (Wildman–Crippen MR) is 69.2 cm³/mol. The summed E-state index contributed by atoms with van der Waals surface area (Å²) in [5, 5.41) is 9.51. The second-order valence-electron chi connectivity index (χ2n) is 3.85. The lowest BCUT2D eigenvalue weighted by molar-refractivity contribution is -0.137. The van der Waals surface area contributed by atoms with E-state index in [-0.39, 0.29) is 10.4 Å². The first kappa shape index (κ1) is 15.1. The average Bonchev–Trinajstić information content (AvgIpc) is 2.87. The maximum atomic E-state index is 12.5. The number of aliphatic hydroxyl groups excluding tert-OH is 1. The topological polar surface area (TPSA) is 42.4 Å². The molecule has 0 radical (unpaired) electrons. The zero-order valence-corrected chi connectivity index (χ0v) is 11.7. The standard InChI is InChI=1S/C12H9ClF3NO2S/c1-19-8-3-2-6(13)4-7(8)10(18)9-5-17-11(20-9)12(14,15)16/h2-5,10,18H,1H3. The summed E-state index contributed by atoms with van der Waals surface area (Å²) in [5.41, 5.74) is 0.289. The molecule has 0 amide bonds. The van der Waals surface area contributed by atoms with Crippen LogP contribution in [-0.2, 0) is 6.18 Å². The van der Waals surface area contributed by atoms with Crippen LogP contribution in [0.1, 0.15) is 21.6 Å². The quantitative estimate of drug-likeness (QED) is 0.931. The Kier molecular flexibility index (Phi) is 4.22. The molecule has 0 fully saturated rings. The number of aromatic nitrogens is 1. The maximum Gasteiger partial charge on any atom is 0.443 e. The Balaban J connectivity index is 2.38. The van der Waals surface area contributed by atoms with Crippen molar-refractivity contribution in [1.29, 1.82) is 0 Å². The molecule has 20 heavy (non-hydrogen) atoms. The van der Waals surface area contributed by atoms with Gasteiger partial charge in [-0.25, -0.2) is 4.98 Å². The van der Waals surface area contributed by atoms with Crippen molar-refractivity contribution in [2.45, 2.75) is 12.3 Å². The molecule has 0 saturated carbocycles. The molecule has 1 atom stereocenters. The fourth-order valence-electron chi connectivity index (χ4n) is 1.62. The number of nitrogens with zero attached hydrogens (tertiary/aromatic N) is 1. The van der Waals surface area contributed by atoms with Crippen LogP contribution in [0, 0.1) is 0 Å². The molecule has 0 bridgehead atoms. The Morgan fingerprint density at radius 1 is 1.40 bits per heavy atom. The number of aliphatic hydroxyl groups is 1. The molecule has 2 aromatic rings. The highest BCUT2D eigenvalue weighted by molar-refractivity contribution is 7.11. The van der Waals surface area contributed by atoms with Crippen molar-refractivity contribution < 1.29 is 23.0 Å². The fraction of sp³-hybridized carbons (Fsp3) is 0.250. The van der Waals surface area contributed by atoms with Gasteiger partial charge in [0, 0.05) is 16.8 Å². The first-order valence-corrected chi connectivity index (χ1v) is 6.57. The molecule has 1 unspecified atom stereocenters. The molecule has 8 heteroatoms. The molecule has 0 saturated heterocycles. The van der Waals surface area contributed by atoms with Crippen molar-refractivity contribution in [3.63, 3.8) is 0 Å². The van der Waals surface area contributed by atoms with Crippen molar-refractivity contribution in [3.8, 4) is 5.75 Å². The summed E-state index contributed by atoms with van der Waals surface area (Å²) in [6.07, 6.45) is -4.81. The number of alkyl halides is 3. The average molecular weight is 324 g/mol. The Morgan fingerprint density at radius 2 is 2.10 bits per heavy atom. The summed E-state index contributed by atoms with van der Waals surface area (Å²) >= 11 is 6.21. The summed E-state index contributed by atoms with van der Waals surface area (Å²) < 4.78 is 42.6. The van der Waals surface area contributed by atoms with Crippen LogP contribution >= 0.6 is 22.9 Å². The number of rotatable bonds is 3. The van der Waals surface area contributed by atoms with E-state index in [2.05, 4.69) is 4.98 Å². The first-order valence-electron chi connectivity index (χ1n) is 5.37. The number of hydrogen-bond donors (Lipinski definition) is 1. The van der Waals surface area contributed by atoms with Crippen LogP contribution in [0.15, 0.2) is 24.4 Å². The van der Waals surface area contributed by atoms with Crippen LogP contribution in [0.25, 0.3) is 0 Å². The third-order valence-corrected chi connectivity index (χ3v) is 3.85. The third-order valence-electron chi connectivity index (χ3n) is 2.52. The molecule has 0 aliphatic carbocycles. The van der Waals surface area contributed by atoms with Crippen LogP contribution in [0.4, 0.5) is 13.2 Å².